The van der Waals surface area contributed by atoms with Crippen LogP contribution in [0.5, 0.6) is 0 Å². The lowest BCUT2D eigenvalue weighted by atomic mass is 10.1. The Morgan fingerprint density at radius 2 is 2.12 bits per heavy atom. The van der Waals surface area contributed by atoms with Gasteiger partial charge in [-0.3, -0.25) is 0 Å². The second-order valence-electron chi connectivity index (χ2n) is 3.49. The summed E-state index contributed by atoms with van der Waals surface area (Å²) in [6.07, 6.45) is -0.134. The van der Waals surface area contributed by atoms with Crippen molar-refractivity contribution in [2.75, 3.05) is 19.8 Å². The van der Waals surface area contributed by atoms with Crippen LogP contribution >= 0.6 is 11.6 Å². The van der Waals surface area contributed by atoms with E-state index in [0.717, 1.165) is 6.26 Å². The van der Waals surface area contributed by atoms with Crippen molar-refractivity contribution in [1.82, 2.24) is 5.32 Å². The van der Waals surface area contributed by atoms with E-state index in [2.05, 4.69) is 5.32 Å². The van der Waals surface area contributed by atoms with E-state index in [-0.39, 0.29) is 16.5 Å². The highest BCUT2D eigenvalue weighted by molar-refractivity contribution is 7.90. The summed E-state index contributed by atoms with van der Waals surface area (Å²) in [4.78, 5) is 0.0228. The van der Waals surface area contributed by atoms with E-state index in [0.29, 0.717) is 5.56 Å². The predicted molar refractivity (Wildman–Crippen MR) is 62.3 cm³/mol. The average Bonchev–Trinajstić information content (AvgIpc) is 2.16. The summed E-state index contributed by atoms with van der Waals surface area (Å²) in [7, 11) is -1.72. The molecule has 1 unspecified atom stereocenters. The van der Waals surface area contributed by atoms with Crippen LogP contribution in [0.15, 0.2) is 23.1 Å². The van der Waals surface area contributed by atoms with Crippen molar-refractivity contribution in [3.05, 3.63) is 28.8 Å². The van der Waals surface area contributed by atoms with Crippen LogP contribution in [-0.2, 0) is 9.84 Å². The van der Waals surface area contributed by atoms with E-state index in [9.17, 15) is 12.8 Å². The molecule has 1 aromatic carbocycles. The van der Waals surface area contributed by atoms with Crippen molar-refractivity contribution in [1.29, 1.82) is 0 Å². The summed E-state index contributed by atoms with van der Waals surface area (Å²) in [6.45, 7) is 0.161. The Kier molecular flexibility index (Phi) is 4.29. The quantitative estimate of drug-likeness (QED) is 0.905. The van der Waals surface area contributed by atoms with Crippen molar-refractivity contribution in [2.24, 2.45) is 0 Å². The van der Waals surface area contributed by atoms with E-state index in [1.807, 2.05) is 0 Å². The van der Waals surface area contributed by atoms with Crippen LogP contribution in [0.3, 0.4) is 0 Å². The molecule has 6 heteroatoms. The van der Waals surface area contributed by atoms with Gasteiger partial charge in [-0.05, 0) is 24.7 Å². The minimum atomic E-state index is -3.36. The molecule has 1 rings (SSSR count). The van der Waals surface area contributed by atoms with Crippen molar-refractivity contribution >= 4 is 21.4 Å². The first kappa shape index (κ1) is 13.4. The smallest absolute Gasteiger partial charge is 0.176 e. The molecular formula is C10H13ClFNO2S. The molecule has 0 aliphatic carbocycles. The van der Waals surface area contributed by atoms with Gasteiger partial charge in [0.05, 0.1) is 9.92 Å². The topological polar surface area (TPSA) is 46.2 Å². The van der Waals surface area contributed by atoms with Crippen molar-refractivity contribution in [3.8, 4) is 0 Å². The maximum atomic E-state index is 13.5. The highest BCUT2D eigenvalue weighted by atomic mass is 35.5. The summed E-state index contributed by atoms with van der Waals surface area (Å²) in [5, 5.41) is 2.75. The predicted octanol–water partition coefficient (Wildman–Crippen LogP) is 1.97. The van der Waals surface area contributed by atoms with Gasteiger partial charge in [0.25, 0.3) is 0 Å². The molecule has 0 aliphatic rings. The van der Waals surface area contributed by atoms with E-state index >= 15 is 0 Å². The van der Waals surface area contributed by atoms with Gasteiger partial charge >= 0.3 is 0 Å². The van der Waals surface area contributed by atoms with Gasteiger partial charge in [0.2, 0.25) is 0 Å². The van der Waals surface area contributed by atoms with Crippen molar-refractivity contribution < 1.29 is 12.8 Å². The summed E-state index contributed by atoms with van der Waals surface area (Å²) in [5.74, 6) is 0. The highest BCUT2D eigenvalue weighted by Crippen LogP contribution is 2.26. The zero-order valence-corrected chi connectivity index (χ0v) is 10.6. The lowest BCUT2D eigenvalue weighted by Crippen LogP contribution is -2.14. The fraction of sp³-hybridized carbons (Fsp3) is 0.400. The molecule has 0 spiro atoms. The lowest BCUT2D eigenvalue weighted by molar-refractivity contribution is 0.335. The number of benzene rings is 1. The monoisotopic (exact) mass is 265 g/mol. The van der Waals surface area contributed by atoms with Gasteiger partial charge < -0.3 is 5.32 Å². The van der Waals surface area contributed by atoms with Gasteiger partial charge in [0.1, 0.15) is 6.17 Å². The second kappa shape index (κ2) is 5.12. The third kappa shape index (κ3) is 3.17. The molecular weight excluding hydrogens is 253 g/mol. The molecule has 1 aromatic rings. The first-order valence-electron chi connectivity index (χ1n) is 4.64. The van der Waals surface area contributed by atoms with Gasteiger partial charge in [-0.2, -0.15) is 0 Å². The molecule has 0 amide bonds. The zero-order valence-electron chi connectivity index (χ0n) is 9.00. The van der Waals surface area contributed by atoms with Gasteiger partial charge in [-0.1, -0.05) is 17.7 Å². The Labute approximate surface area is 99.5 Å². The minimum Gasteiger partial charge on any atom is -0.317 e. The van der Waals surface area contributed by atoms with Crippen LogP contribution in [0.25, 0.3) is 0 Å². The average molecular weight is 266 g/mol. The Balaban J connectivity index is 3.09. The van der Waals surface area contributed by atoms with Crippen LogP contribution in [-0.4, -0.2) is 28.3 Å². The molecule has 1 atom stereocenters. The van der Waals surface area contributed by atoms with Gasteiger partial charge in [0.15, 0.2) is 9.84 Å². The third-order valence-electron chi connectivity index (χ3n) is 2.10. The normalized spacial score (nSPS) is 13.8. The summed E-state index contributed by atoms with van der Waals surface area (Å²) < 4.78 is 36.0. The summed E-state index contributed by atoms with van der Waals surface area (Å²) in [6, 6.07) is 4.11. The lowest BCUT2D eigenvalue weighted by Gasteiger charge is -2.09. The van der Waals surface area contributed by atoms with Crippen LogP contribution in [0, 0.1) is 0 Å². The zero-order chi connectivity index (χ0) is 12.3. The molecule has 0 bridgehead atoms. The molecule has 0 radical (unpaired) electrons. The number of halogens is 2. The van der Waals surface area contributed by atoms with Crippen LogP contribution in [0.4, 0.5) is 4.39 Å². The molecule has 0 saturated heterocycles. The number of rotatable bonds is 4. The van der Waals surface area contributed by atoms with Crippen molar-refractivity contribution in [3.63, 3.8) is 0 Å². The van der Waals surface area contributed by atoms with Gasteiger partial charge in [0, 0.05) is 12.8 Å². The molecule has 16 heavy (non-hydrogen) atoms. The number of sulfone groups is 1. The standard InChI is InChI=1S/C10H13ClFNO2S/c1-13-6-9(12)7-3-4-10(8(11)5-7)16(2,14)15/h3-5,9,13H,6H2,1-2H3. The third-order valence-corrected chi connectivity index (χ3v) is 3.68. The van der Waals surface area contributed by atoms with Crippen LogP contribution in [0.1, 0.15) is 11.7 Å². The number of alkyl halides is 1. The first-order valence-corrected chi connectivity index (χ1v) is 6.91. The molecule has 0 heterocycles. The van der Waals surface area contributed by atoms with Crippen molar-refractivity contribution in [2.45, 2.75) is 11.1 Å². The maximum absolute atomic E-state index is 13.5. The molecule has 0 saturated carbocycles. The molecule has 0 fully saturated rings. The van der Waals surface area contributed by atoms with Gasteiger partial charge in [-0.15, -0.1) is 0 Å². The van der Waals surface area contributed by atoms with Crippen LogP contribution in [0.2, 0.25) is 5.02 Å². The van der Waals surface area contributed by atoms with E-state index in [1.54, 1.807) is 7.05 Å². The van der Waals surface area contributed by atoms with E-state index in [1.165, 1.54) is 18.2 Å². The Morgan fingerprint density at radius 3 is 2.56 bits per heavy atom. The van der Waals surface area contributed by atoms with Gasteiger partial charge in [-0.25, -0.2) is 12.8 Å². The number of nitrogens with one attached hydrogen (secondary N) is 1. The molecule has 0 aliphatic heterocycles. The Bertz CT molecular complexity index is 476. The summed E-state index contributed by atoms with van der Waals surface area (Å²) >= 11 is 5.79. The second-order valence-corrected chi connectivity index (χ2v) is 5.88. The highest BCUT2D eigenvalue weighted by Gasteiger charge is 2.15. The largest absolute Gasteiger partial charge is 0.317 e. The minimum absolute atomic E-state index is 0.0228. The summed E-state index contributed by atoms with van der Waals surface area (Å²) in [5.41, 5.74) is 0.367. The number of hydrogen-bond donors (Lipinski definition) is 1. The van der Waals surface area contributed by atoms with Crippen LogP contribution < -0.4 is 5.32 Å². The fourth-order valence-corrected chi connectivity index (χ4v) is 2.65. The van der Waals surface area contributed by atoms with E-state index in [4.69, 9.17) is 11.6 Å². The Morgan fingerprint density at radius 1 is 1.50 bits per heavy atom. The fourth-order valence-electron chi connectivity index (χ4n) is 1.31. The maximum Gasteiger partial charge on any atom is 0.176 e. The molecule has 0 aromatic heterocycles. The Hall–Kier alpha value is -0.650. The first-order chi connectivity index (χ1) is 7.36. The number of hydrogen-bond acceptors (Lipinski definition) is 3. The number of likely N-dealkylation sites (N-methyl/N-ethyl adjacent to an activating group) is 1. The SMILES string of the molecule is CNCC(F)c1ccc(S(C)(=O)=O)c(Cl)c1. The molecule has 1 N–H and O–H groups in total. The molecule has 3 nitrogen and oxygen atoms in total. The molecule has 90 valence electrons. The van der Waals surface area contributed by atoms with E-state index < -0.39 is 16.0 Å².